The van der Waals surface area contributed by atoms with E-state index in [0.29, 0.717) is 0 Å². The molecule has 0 aromatic heterocycles. The second kappa shape index (κ2) is 21.0. The number of halogens is 1. The number of unbranched alkanes of at least 4 members (excludes halogenated alkanes) is 12. The summed E-state index contributed by atoms with van der Waals surface area (Å²) in [6.07, 6.45) is 20.0. The summed E-state index contributed by atoms with van der Waals surface area (Å²) in [7, 11) is 4.30. The van der Waals surface area contributed by atoms with Crippen molar-refractivity contribution in [3.05, 3.63) is 0 Å². The van der Waals surface area contributed by atoms with Crippen LogP contribution in [-0.2, 0) is 9.53 Å². The van der Waals surface area contributed by atoms with Crippen LogP contribution in [0.25, 0.3) is 0 Å². The number of carbonyl (C=O) groups excluding carboxylic acids is 1. The zero-order chi connectivity index (χ0) is 18.8. The number of hydrogen-bond donors (Lipinski definition) is 1. The van der Waals surface area contributed by atoms with E-state index < -0.39 is 0 Å². The SMILES string of the molecule is CCCCCCCCCCCCCCCC(CC[NH+](C)C)OC(C)=O.[Cl-]. The predicted molar refractivity (Wildman–Crippen MR) is 108 cm³/mol. The summed E-state index contributed by atoms with van der Waals surface area (Å²) in [5.74, 6) is -0.131. The minimum absolute atomic E-state index is 0. The van der Waals surface area contributed by atoms with E-state index >= 15 is 0 Å². The Bertz CT molecular complexity index is 298. The van der Waals surface area contributed by atoms with Crippen molar-refractivity contribution in [3.8, 4) is 0 Å². The molecule has 158 valence electrons. The Morgan fingerprint density at radius 2 is 1.19 bits per heavy atom. The van der Waals surface area contributed by atoms with Gasteiger partial charge in [-0.2, -0.15) is 0 Å². The zero-order valence-corrected chi connectivity index (χ0v) is 18.8. The Kier molecular flexibility index (Phi) is 22.6. The van der Waals surface area contributed by atoms with Gasteiger partial charge >= 0.3 is 5.97 Å². The highest BCUT2D eigenvalue weighted by Crippen LogP contribution is 2.14. The van der Waals surface area contributed by atoms with Crippen molar-refractivity contribution >= 4 is 5.97 Å². The number of esters is 1. The molecule has 0 aliphatic carbocycles. The molecule has 1 N–H and O–H groups in total. The van der Waals surface area contributed by atoms with E-state index in [0.717, 1.165) is 19.4 Å². The minimum atomic E-state index is -0.131. The van der Waals surface area contributed by atoms with E-state index in [9.17, 15) is 4.79 Å². The van der Waals surface area contributed by atoms with Crippen LogP contribution >= 0.6 is 0 Å². The molecular weight excluding hydrogens is 346 g/mol. The Morgan fingerprint density at radius 3 is 1.58 bits per heavy atom. The van der Waals surface area contributed by atoms with Gasteiger partial charge in [-0.05, 0) is 12.8 Å². The van der Waals surface area contributed by atoms with E-state index in [1.165, 1.54) is 95.3 Å². The molecule has 0 aromatic rings. The molecule has 0 aliphatic heterocycles. The number of quaternary nitrogens is 1. The topological polar surface area (TPSA) is 30.7 Å². The fraction of sp³-hybridized carbons (Fsp3) is 0.955. The summed E-state index contributed by atoms with van der Waals surface area (Å²) >= 11 is 0. The lowest BCUT2D eigenvalue weighted by Gasteiger charge is -2.18. The molecular formula is C22H46ClNO2. The lowest BCUT2D eigenvalue weighted by Crippen LogP contribution is -3.05. The first-order valence-corrected chi connectivity index (χ1v) is 11.0. The number of carbonyl (C=O) groups is 1. The minimum Gasteiger partial charge on any atom is -1.00 e. The van der Waals surface area contributed by atoms with E-state index in [1.807, 2.05) is 0 Å². The summed E-state index contributed by atoms with van der Waals surface area (Å²) in [5, 5.41) is 0. The maximum absolute atomic E-state index is 11.2. The van der Waals surface area contributed by atoms with Crippen LogP contribution in [0.1, 0.15) is 110 Å². The quantitative estimate of drug-likeness (QED) is 0.286. The van der Waals surface area contributed by atoms with Gasteiger partial charge in [0.25, 0.3) is 0 Å². The highest BCUT2D eigenvalue weighted by atomic mass is 35.5. The third kappa shape index (κ3) is 21.8. The number of rotatable bonds is 18. The van der Waals surface area contributed by atoms with Gasteiger partial charge in [-0.25, -0.2) is 0 Å². The average molecular weight is 392 g/mol. The smallest absolute Gasteiger partial charge is 0.302 e. The van der Waals surface area contributed by atoms with Crippen molar-refractivity contribution in [3.63, 3.8) is 0 Å². The van der Waals surface area contributed by atoms with Gasteiger partial charge in [-0.1, -0.05) is 84.0 Å². The van der Waals surface area contributed by atoms with Gasteiger partial charge < -0.3 is 22.0 Å². The van der Waals surface area contributed by atoms with E-state index in [4.69, 9.17) is 4.74 Å². The van der Waals surface area contributed by atoms with Crippen LogP contribution in [0.15, 0.2) is 0 Å². The second-order valence-corrected chi connectivity index (χ2v) is 8.01. The molecule has 0 saturated heterocycles. The number of nitrogens with one attached hydrogen (secondary N) is 1. The molecule has 1 unspecified atom stereocenters. The molecule has 0 amide bonds. The molecule has 0 radical (unpaired) electrons. The van der Waals surface area contributed by atoms with Gasteiger partial charge in [0.1, 0.15) is 6.10 Å². The van der Waals surface area contributed by atoms with Crippen molar-refractivity contribution in [1.29, 1.82) is 0 Å². The molecule has 0 heterocycles. The first-order chi connectivity index (χ1) is 12.1. The number of hydrogen-bond acceptors (Lipinski definition) is 2. The summed E-state index contributed by atoms with van der Waals surface area (Å²) in [4.78, 5) is 12.6. The summed E-state index contributed by atoms with van der Waals surface area (Å²) in [5.41, 5.74) is 0. The lowest BCUT2D eigenvalue weighted by atomic mass is 10.0. The third-order valence-corrected chi connectivity index (χ3v) is 4.93. The van der Waals surface area contributed by atoms with E-state index in [1.54, 1.807) is 0 Å². The van der Waals surface area contributed by atoms with Crippen molar-refractivity contribution in [1.82, 2.24) is 0 Å². The van der Waals surface area contributed by atoms with Crippen LogP contribution in [0, 0.1) is 0 Å². The van der Waals surface area contributed by atoms with E-state index in [-0.39, 0.29) is 24.5 Å². The van der Waals surface area contributed by atoms with Crippen molar-refractivity contribution < 1.29 is 26.8 Å². The molecule has 26 heavy (non-hydrogen) atoms. The highest BCUT2D eigenvalue weighted by molar-refractivity contribution is 5.66. The van der Waals surface area contributed by atoms with Crippen molar-refractivity contribution in [2.75, 3.05) is 20.6 Å². The van der Waals surface area contributed by atoms with Gasteiger partial charge in [-0.15, -0.1) is 0 Å². The normalized spacial score (nSPS) is 12.0. The molecule has 0 aromatic carbocycles. The van der Waals surface area contributed by atoms with E-state index in [2.05, 4.69) is 21.0 Å². The van der Waals surface area contributed by atoms with Crippen LogP contribution in [0.4, 0.5) is 0 Å². The highest BCUT2D eigenvalue weighted by Gasteiger charge is 2.13. The summed E-state index contributed by atoms with van der Waals surface area (Å²) in [6.45, 7) is 4.87. The van der Waals surface area contributed by atoms with Crippen LogP contribution in [0.3, 0.4) is 0 Å². The first-order valence-electron chi connectivity index (χ1n) is 11.0. The molecule has 0 spiro atoms. The fourth-order valence-electron chi connectivity index (χ4n) is 3.34. The molecule has 0 saturated carbocycles. The predicted octanol–water partition coefficient (Wildman–Crippen LogP) is 1.94. The van der Waals surface area contributed by atoms with Crippen molar-refractivity contribution in [2.45, 2.75) is 116 Å². The van der Waals surface area contributed by atoms with Gasteiger partial charge in [0.2, 0.25) is 0 Å². The molecule has 0 fully saturated rings. The maximum atomic E-state index is 11.2. The average Bonchev–Trinajstić information content (AvgIpc) is 2.56. The Morgan fingerprint density at radius 1 is 0.769 bits per heavy atom. The Labute approximate surface area is 170 Å². The third-order valence-electron chi connectivity index (χ3n) is 4.93. The van der Waals surface area contributed by atoms with Crippen LogP contribution in [0.5, 0.6) is 0 Å². The monoisotopic (exact) mass is 391 g/mol. The van der Waals surface area contributed by atoms with Gasteiger partial charge in [0, 0.05) is 13.3 Å². The van der Waals surface area contributed by atoms with Crippen molar-refractivity contribution in [2.24, 2.45) is 0 Å². The molecule has 0 bridgehead atoms. The van der Waals surface area contributed by atoms with Gasteiger partial charge in [-0.3, -0.25) is 4.79 Å². The zero-order valence-electron chi connectivity index (χ0n) is 18.1. The maximum Gasteiger partial charge on any atom is 0.302 e. The summed E-state index contributed by atoms with van der Waals surface area (Å²) in [6, 6.07) is 0. The lowest BCUT2D eigenvalue weighted by molar-refractivity contribution is -0.858. The number of ether oxygens (including phenoxy) is 1. The molecule has 1 atom stereocenters. The molecule has 0 rings (SSSR count). The second-order valence-electron chi connectivity index (χ2n) is 8.01. The van der Waals surface area contributed by atoms with Crippen LogP contribution < -0.4 is 17.3 Å². The fourth-order valence-corrected chi connectivity index (χ4v) is 3.34. The standard InChI is InChI=1S/C22H45NO2.ClH/c1-5-6-7-8-9-10-11-12-13-14-15-16-17-18-22(25-21(2)24)19-20-23(3)4;/h22H,5-20H2,1-4H3;1H. The first kappa shape index (κ1) is 27.9. The van der Waals surface area contributed by atoms with Gasteiger partial charge in [0.15, 0.2) is 0 Å². The van der Waals surface area contributed by atoms with Crippen LogP contribution in [-0.4, -0.2) is 32.7 Å². The summed E-state index contributed by atoms with van der Waals surface area (Å²) < 4.78 is 5.46. The Balaban J connectivity index is 0. The van der Waals surface area contributed by atoms with Crippen LogP contribution in [0.2, 0.25) is 0 Å². The Hall–Kier alpha value is -0.280. The van der Waals surface area contributed by atoms with Gasteiger partial charge in [0.05, 0.1) is 20.6 Å². The molecule has 0 aliphatic rings. The molecule has 4 heteroatoms. The largest absolute Gasteiger partial charge is 1.00 e. The molecule has 3 nitrogen and oxygen atoms in total.